The number of carboxylic acids is 1. The van der Waals surface area contributed by atoms with Gasteiger partial charge in [-0.25, -0.2) is 14.8 Å². The number of benzene rings is 1. The molecule has 2 aromatic heterocycles. The van der Waals surface area contributed by atoms with Crippen LogP contribution in [0.3, 0.4) is 0 Å². The molecule has 3 aromatic rings. The summed E-state index contributed by atoms with van der Waals surface area (Å²) in [6.07, 6.45) is 2.63. The molecule has 3 rings (SSSR count). The van der Waals surface area contributed by atoms with Crippen molar-refractivity contribution >= 4 is 17.1 Å². The van der Waals surface area contributed by atoms with Gasteiger partial charge in [-0.2, -0.15) is 0 Å². The van der Waals surface area contributed by atoms with E-state index in [-0.39, 0.29) is 0 Å². The van der Waals surface area contributed by atoms with E-state index in [1.807, 2.05) is 25.3 Å². The second-order valence-corrected chi connectivity index (χ2v) is 5.33. The number of aromatic nitrogens is 3. The van der Waals surface area contributed by atoms with Crippen LogP contribution in [-0.2, 0) is 13.0 Å². The summed E-state index contributed by atoms with van der Waals surface area (Å²) in [5, 5.41) is 9.11. The molecule has 0 unspecified atom stereocenters. The fourth-order valence-corrected chi connectivity index (χ4v) is 2.58. The topological polar surface area (TPSA) is 68.0 Å². The van der Waals surface area contributed by atoms with Crippen LogP contribution in [0.2, 0.25) is 0 Å². The van der Waals surface area contributed by atoms with Gasteiger partial charge in [0, 0.05) is 12.6 Å². The van der Waals surface area contributed by atoms with E-state index in [4.69, 9.17) is 5.11 Å². The van der Waals surface area contributed by atoms with Gasteiger partial charge in [-0.3, -0.25) is 0 Å². The molecule has 1 aromatic carbocycles. The van der Waals surface area contributed by atoms with Crippen LogP contribution in [0.1, 0.15) is 34.2 Å². The molecular weight excluding hydrogens is 278 g/mol. The van der Waals surface area contributed by atoms with E-state index in [1.54, 1.807) is 18.2 Å². The number of pyridine rings is 1. The first-order valence-corrected chi connectivity index (χ1v) is 7.22. The Morgan fingerprint density at radius 1 is 1.32 bits per heavy atom. The van der Waals surface area contributed by atoms with Gasteiger partial charge >= 0.3 is 5.97 Å². The number of rotatable bonds is 4. The molecule has 0 fully saturated rings. The summed E-state index contributed by atoms with van der Waals surface area (Å²) in [4.78, 5) is 20.2. The lowest BCUT2D eigenvalue weighted by Gasteiger charge is -2.08. The van der Waals surface area contributed by atoms with Crippen molar-refractivity contribution in [1.29, 1.82) is 0 Å². The third-order valence-corrected chi connectivity index (χ3v) is 3.63. The molecule has 2 heterocycles. The monoisotopic (exact) mass is 295 g/mol. The molecule has 0 spiro atoms. The van der Waals surface area contributed by atoms with Crippen molar-refractivity contribution in [3.05, 3.63) is 59.0 Å². The molecule has 0 amide bonds. The summed E-state index contributed by atoms with van der Waals surface area (Å²) >= 11 is 0. The van der Waals surface area contributed by atoms with Gasteiger partial charge < -0.3 is 9.67 Å². The first-order valence-electron chi connectivity index (χ1n) is 7.22. The summed E-state index contributed by atoms with van der Waals surface area (Å²) in [5.74, 6) is 0.0376. The number of hydrogen-bond acceptors (Lipinski definition) is 3. The van der Waals surface area contributed by atoms with Gasteiger partial charge in [0.2, 0.25) is 0 Å². The fraction of sp³-hybridized carbons (Fsp3) is 0.235. The maximum atomic E-state index is 11.1. The lowest BCUT2D eigenvalue weighted by Crippen LogP contribution is -2.06. The summed E-state index contributed by atoms with van der Waals surface area (Å²) in [7, 11) is 0. The smallest absolute Gasteiger partial charge is 0.335 e. The SMILES string of the molecule is CCc1nc2cc(C)cnc2n1Cc1cccc(C(=O)O)c1. The Balaban J connectivity index is 2.06. The Kier molecular flexibility index (Phi) is 3.63. The summed E-state index contributed by atoms with van der Waals surface area (Å²) in [6, 6.07) is 9.00. The van der Waals surface area contributed by atoms with E-state index in [9.17, 15) is 4.79 Å². The third kappa shape index (κ3) is 2.57. The highest BCUT2D eigenvalue weighted by Gasteiger charge is 2.12. The molecule has 112 valence electrons. The number of imidazole rings is 1. The zero-order chi connectivity index (χ0) is 15.7. The molecule has 0 bridgehead atoms. The van der Waals surface area contributed by atoms with Crippen LogP contribution in [0.25, 0.3) is 11.2 Å². The quantitative estimate of drug-likeness (QED) is 0.803. The van der Waals surface area contributed by atoms with Gasteiger partial charge in [0.15, 0.2) is 5.65 Å². The molecule has 5 heteroatoms. The van der Waals surface area contributed by atoms with Crippen molar-refractivity contribution in [2.75, 3.05) is 0 Å². The van der Waals surface area contributed by atoms with E-state index in [2.05, 4.69) is 21.5 Å². The van der Waals surface area contributed by atoms with Crippen LogP contribution in [0.15, 0.2) is 36.5 Å². The average Bonchev–Trinajstić information content (AvgIpc) is 2.84. The van der Waals surface area contributed by atoms with Gasteiger partial charge in [-0.15, -0.1) is 0 Å². The number of aryl methyl sites for hydroxylation is 2. The highest BCUT2D eigenvalue weighted by atomic mass is 16.4. The van der Waals surface area contributed by atoms with Crippen molar-refractivity contribution in [2.45, 2.75) is 26.8 Å². The number of aromatic carboxylic acids is 1. The highest BCUT2D eigenvalue weighted by molar-refractivity contribution is 5.87. The number of carbonyl (C=O) groups is 1. The summed E-state index contributed by atoms with van der Waals surface area (Å²) < 4.78 is 2.05. The molecule has 22 heavy (non-hydrogen) atoms. The molecule has 1 N–H and O–H groups in total. The number of nitrogens with zero attached hydrogens (tertiary/aromatic N) is 3. The molecule has 5 nitrogen and oxygen atoms in total. The van der Waals surface area contributed by atoms with Crippen LogP contribution in [0, 0.1) is 6.92 Å². The average molecular weight is 295 g/mol. The summed E-state index contributed by atoms with van der Waals surface area (Å²) in [6.45, 7) is 4.61. The molecule has 0 radical (unpaired) electrons. The minimum Gasteiger partial charge on any atom is -0.478 e. The minimum atomic E-state index is -0.915. The molecule has 0 aliphatic carbocycles. The van der Waals surface area contributed by atoms with Crippen LogP contribution in [-0.4, -0.2) is 25.6 Å². The van der Waals surface area contributed by atoms with Crippen molar-refractivity contribution < 1.29 is 9.90 Å². The maximum Gasteiger partial charge on any atom is 0.335 e. The first kappa shape index (κ1) is 14.3. The number of carboxylic acid groups (broad SMARTS) is 1. The van der Waals surface area contributed by atoms with Crippen LogP contribution in [0.4, 0.5) is 0 Å². The minimum absolute atomic E-state index is 0.295. The fourth-order valence-electron chi connectivity index (χ4n) is 2.58. The standard InChI is InChI=1S/C17H17N3O2/c1-3-15-19-14-7-11(2)9-18-16(14)20(15)10-12-5-4-6-13(8-12)17(21)22/h4-9H,3,10H2,1-2H3,(H,21,22). The third-order valence-electron chi connectivity index (χ3n) is 3.63. The van der Waals surface area contributed by atoms with Crippen molar-refractivity contribution in [3.8, 4) is 0 Å². The Morgan fingerprint density at radius 3 is 2.86 bits per heavy atom. The van der Waals surface area contributed by atoms with Crippen molar-refractivity contribution in [1.82, 2.24) is 14.5 Å². The van der Waals surface area contributed by atoms with Gasteiger partial charge in [0.05, 0.1) is 12.1 Å². The highest BCUT2D eigenvalue weighted by Crippen LogP contribution is 2.18. The van der Waals surface area contributed by atoms with Gasteiger partial charge in [-0.1, -0.05) is 19.1 Å². The van der Waals surface area contributed by atoms with Crippen LogP contribution < -0.4 is 0 Å². The molecule has 0 atom stereocenters. The Bertz CT molecular complexity index is 852. The Labute approximate surface area is 128 Å². The number of fused-ring (bicyclic) bond motifs is 1. The van der Waals surface area contributed by atoms with E-state index >= 15 is 0 Å². The van der Waals surface area contributed by atoms with Gasteiger partial charge in [0.1, 0.15) is 11.3 Å². The molecule has 0 aliphatic heterocycles. The van der Waals surface area contributed by atoms with E-state index in [0.717, 1.165) is 34.5 Å². The van der Waals surface area contributed by atoms with Crippen LogP contribution in [0.5, 0.6) is 0 Å². The van der Waals surface area contributed by atoms with Crippen molar-refractivity contribution in [3.63, 3.8) is 0 Å². The van der Waals surface area contributed by atoms with E-state index < -0.39 is 5.97 Å². The predicted molar refractivity (Wildman–Crippen MR) is 84.1 cm³/mol. The second-order valence-electron chi connectivity index (χ2n) is 5.33. The number of hydrogen-bond donors (Lipinski definition) is 1. The first-order chi connectivity index (χ1) is 10.6. The zero-order valence-corrected chi connectivity index (χ0v) is 12.6. The molecule has 0 saturated carbocycles. The maximum absolute atomic E-state index is 11.1. The zero-order valence-electron chi connectivity index (χ0n) is 12.6. The second kappa shape index (κ2) is 5.60. The Morgan fingerprint density at radius 2 is 2.14 bits per heavy atom. The van der Waals surface area contributed by atoms with Gasteiger partial charge in [-0.05, 0) is 36.2 Å². The lowest BCUT2D eigenvalue weighted by molar-refractivity contribution is 0.0696. The lowest BCUT2D eigenvalue weighted by atomic mass is 10.1. The normalized spacial score (nSPS) is 11.0. The van der Waals surface area contributed by atoms with Crippen LogP contribution >= 0.6 is 0 Å². The van der Waals surface area contributed by atoms with Gasteiger partial charge in [0.25, 0.3) is 0 Å². The van der Waals surface area contributed by atoms with E-state index in [1.165, 1.54) is 0 Å². The predicted octanol–water partition coefficient (Wildman–Crippen LogP) is 3.05. The largest absolute Gasteiger partial charge is 0.478 e. The summed E-state index contributed by atoms with van der Waals surface area (Å²) in [5.41, 5.74) is 4.02. The van der Waals surface area contributed by atoms with Crippen molar-refractivity contribution in [2.24, 2.45) is 0 Å². The Hall–Kier alpha value is -2.69. The molecule has 0 saturated heterocycles. The molecule has 0 aliphatic rings. The van der Waals surface area contributed by atoms with E-state index in [0.29, 0.717) is 12.1 Å². The molecular formula is C17H17N3O2.